The zero-order valence-corrected chi connectivity index (χ0v) is 17.1. The van der Waals surface area contributed by atoms with Crippen LogP contribution in [0.1, 0.15) is 19.3 Å². The minimum Gasteiger partial charge on any atom is -0.382 e. The number of hydrogen-bond donors (Lipinski definition) is 1. The second-order valence-corrected chi connectivity index (χ2v) is 7.49. The van der Waals surface area contributed by atoms with Crippen LogP contribution in [0.2, 0.25) is 0 Å². The lowest BCUT2D eigenvalue weighted by atomic mass is 10.1. The largest absolute Gasteiger partial charge is 0.382 e. The third-order valence-electron chi connectivity index (χ3n) is 5.33. The van der Waals surface area contributed by atoms with Gasteiger partial charge in [0.15, 0.2) is 5.96 Å². The Morgan fingerprint density at radius 1 is 1.15 bits per heavy atom. The first-order valence-corrected chi connectivity index (χ1v) is 10.2. The average Bonchev–Trinajstić information content (AvgIpc) is 3.01. The average molecular weight is 370 g/mol. The maximum absolute atomic E-state index is 5.68. The second-order valence-electron chi connectivity index (χ2n) is 7.49. The first-order chi connectivity index (χ1) is 12.7. The van der Waals surface area contributed by atoms with Gasteiger partial charge in [0.05, 0.1) is 19.8 Å². The molecule has 0 radical (unpaired) electrons. The Hall–Kier alpha value is -0.890. The highest BCUT2D eigenvalue weighted by atomic mass is 16.5. The molecular formula is C19H39N5O2. The smallest absolute Gasteiger partial charge is 0.193 e. The molecule has 7 heteroatoms. The molecule has 1 atom stereocenters. The number of hydrogen-bond acceptors (Lipinski definition) is 5. The SMILES string of the molecule is CN=C(NCCCN1CCCN(C)CC1)N1CCC(COCCOC)C1. The Morgan fingerprint density at radius 3 is 2.85 bits per heavy atom. The number of methoxy groups -OCH3 is 1. The maximum Gasteiger partial charge on any atom is 0.193 e. The van der Waals surface area contributed by atoms with Gasteiger partial charge in [0.2, 0.25) is 0 Å². The maximum atomic E-state index is 5.68. The Kier molecular flexibility index (Phi) is 10.3. The van der Waals surface area contributed by atoms with Crippen molar-refractivity contribution in [1.82, 2.24) is 20.0 Å². The standard InChI is InChI=1S/C19H39N5O2/c1-20-19(24-11-6-18(16-24)17-26-15-14-25-3)21-7-4-9-23-10-5-8-22(2)12-13-23/h18H,4-17H2,1-3H3,(H,20,21). The lowest BCUT2D eigenvalue weighted by Crippen LogP contribution is -2.41. The highest BCUT2D eigenvalue weighted by Gasteiger charge is 2.24. The third-order valence-corrected chi connectivity index (χ3v) is 5.33. The summed E-state index contributed by atoms with van der Waals surface area (Å²) < 4.78 is 10.7. The molecule has 0 bridgehead atoms. The van der Waals surface area contributed by atoms with Crippen LogP contribution in [0.15, 0.2) is 4.99 Å². The fourth-order valence-corrected chi connectivity index (χ4v) is 3.71. The van der Waals surface area contributed by atoms with Crippen molar-refractivity contribution < 1.29 is 9.47 Å². The van der Waals surface area contributed by atoms with Crippen molar-refractivity contribution in [3.05, 3.63) is 0 Å². The molecule has 2 fully saturated rings. The molecule has 0 amide bonds. The topological polar surface area (TPSA) is 52.6 Å². The molecular weight excluding hydrogens is 330 g/mol. The van der Waals surface area contributed by atoms with Crippen molar-refractivity contribution in [3.63, 3.8) is 0 Å². The van der Waals surface area contributed by atoms with Crippen LogP contribution >= 0.6 is 0 Å². The molecule has 2 rings (SSSR count). The first kappa shape index (κ1) is 21.4. The summed E-state index contributed by atoms with van der Waals surface area (Å²) in [6.45, 7) is 11.3. The molecule has 0 aromatic heterocycles. The van der Waals surface area contributed by atoms with E-state index in [9.17, 15) is 0 Å². The van der Waals surface area contributed by atoms with Crippen LogP contribution in [-0.2, 0) is 9.47 Å². The van der Waals surface area contributed by atoms with Gasteiger partial charge in [-0.1, -0.05) is 0 Å². The van der Waals surface area contributed by atoms with Crippen molar-refractivity contribution >= 4 is 5.96 Å². The van der Waals surface area contributed by atoms with E-state index in [4.69, 9.17) is 9.47 Å². The van der Waals surface area contributed by atoms with E-state index in [1.807, 2.05) is 7.05 Å². The van der Waals surface area contributed by atoms with E-state index in [1.165, 1.54) is 52.0 Å². The number of rotatable bonds is 9. The van der Waals surface area contributed by atoms with Gasteiger partial charge in [0, 0.05) is 52.8 Å². The minimum atomic E-state index is 0.597. The molecule has 2 aliphatic rings. The number of nitrogens with one attached hydrogen (secondary N) is 1. The zero-order valence-electron chi connectivity index (χ0n) is 17.1. The summed E-state index contributed by atoms with van der Waals surface area (Å²) in [5, 5.41) is 3.55. The van der Waals surface area contributed by atoms with Crippen molar-refractivity contribution in [1.29, 1.82) is 0 Å². The van der Waals surface area contributed by atoms with E-state index in [2.05, 4.69) is 32.1 Å². The first-order valence-electron chi connectivity index (χ1n) is 10.2. The van der Waals surface area contributed by atoms with Gasteiger partial charge in [-0.15, -0.1) is 0 Å². The number of aliphatic imine (C=N–C) groups is 1. The van der Waals surface area contributed by atoms with E-state index in [1.54, 1.807) is 7.11 Å². The summed E-state index contributed by atoms with van der Waals surface area (Å²) in [6, 6.07) is 0. The van der Waals surface area contributed by atoms with Gasteiger partial charge in [0.25, 0.3) is 0 Å². The quantitative estimate of drug-likeness (QED) is 0.364. The Labute approximate surface area is 159 Å². The van der Waals surface area contributed by atoms with Crippen LogP contribution < -0.4 is 5.32 Å². The molecule has 1 N–H and O–H groups in total. The summed E-state index contributed by atoms with van der Waals surface area (Å²) in [5.41, 5.74) is 0. The predicted octanol–water partition coefficient (Wildman–Crippen LogP) is 0.574. The summed E-state index contributed by atoms with van der Waals surface area (Å²) >= 11 is 0. The lowest BCUT2D eigenvalue weighted by molar-refractivity contribution is 0.0536. The van der Waals surface area contributed by atoms with Gasteiger partial charge in [0.1, 0.15) is 0 Å². The fraction of sp³-hybridized carbons (Fsp3) is 0.947. The van der Waals surface area contributed by atoms with Crippen molar-refractivity contribution in [2.24, 2.45) is 10.9 Å². The molecule has 26 heavy (non-hydrogen) atoms. The summed E-state index contributed by atoms with van der Waals surface area (Å²) in [6.07, 6.45) is 3.63. The second kappa shape index (κ2) is 12.5. The predicted molar refractivity (Wildman–Crippen MR) is 107 cm³/mol. The Morgan fingerprint density at radius 2 is 2.04 bits per heavy atom. The monoisotopic (exact) mass is 369 g/mol. The summed E-state index contributed by atoms with van der Waals surface area (Å²) in [5.74, 6) is 1.64. The van der Waals surface area contributed by atoms with Gasteiger partial charge in [-0.05, 0) is 45.9 Å². The lowest BCUT2D eigenvalue weighted by Gasteiger charge is -2.23. The molecule has 2 heterocycles. The minimum absolute atomic E-state index is 0.597. The molecule has 2 aliphatic heterocycles. The third kappa shape index (κ3) is 7.78. The summed E-state index contributed by atoms with van der Waals surface area (Å²) in [7, 11) is 5.82. The van der Waals surface area contributed by atoms with Crippen LogP contribution in [0.5, 0.6) is 0 Å². The number of guanidine groups is 1. The number of likely N-dealkylation sites (tertiary alicyclic amines) is 1. The van der Waals surface area contributed by atoms with Gasteiger partial charge < -0.3 is 29.5 Å². The zero-order chi connectivity index (χ0) is 18.6. The highest BCUT2D eigenvalue weighted by Crippen LogP contribution is 2.16. The van der Waals surface area contributed by atoms with E-state index in [0.29, 0.717) is 19.1 Å². The molecule has 0 saturated carbocycles. The number of ether oxygens (including phenoxy) is 2. The normalized spacial score (nSPS) is 23.4. The molecule has 0 aromatic rings. The molecule has 0 aromatic carbocycles. The van der Waals surface area contributed by atoms with Crippen molar-refractivity contribution in [3.8, 4) is 0 Å². The molecule has 152 valence electrons. The number of likely N-dealkylation sites (N-methyl/N-ethyl adjacent to an activating group) is 1. The van der Waals surface area contributed by atoms with Crippen molar-refractivity contribution in [2.75, 3.05) is 93.4 Å². The molecule has 2 saturated heterocycles. The van der Waals surface area contributed by atoms with Crippen molar-refractivity contribution in [2.45, 2.75) is 19.3 Å². The van der Waals surface area contributed by atoms with Gasteiger partial charge in [-0.3, -0.25) is 4.99 Å². The fourth-order valence-electron chi connectivity index (χ4n) is 3.71. The van der Waals surface area contributed by atoms with Gasteiger partial charge in [-0.2, -0.15) is 0 Å². The van der Waals surface area contributed by atoms with E-state index >= 15 is 0 Å². The van der Waals surface area contributed by atoms with Crippen LogP contribution in [0, 0.1) is 5.92 Å². The number of nitrogens with zero attached hydrogens (tertiary/aromatic N) is 4. The highest BCUT2D eigenvalue weighted by molar-refractivity contribution is 5.80. The summed E-state index contributed by atoms with van der Waals surface area (Å²) in [4.78, 5) is 11.9. The van der Waals surface area contributed by atoms with Crippen LogP contribution in [0.25, 0.3) is 0 Å². The van der Waals surface area contributed by atoms with E-state index < -0.39 is 0 Å². The Balaban J connectivity index is 1.59. The molecule has 0 aliphatic carbocycles. The van der Waals surface area contributed by atoms with Crippen LogP contribution in [0.3, 0.4) is 0 Å². The van der Waals surface area contributed by atoms with Gasteiger partial charge >= 0.3 is 0 Å². The molecule has 0 spiro atoms. The van der Waals surface area contributed by atoms with E-state index in [-0.39, 0.29) is 0 Å². The molecule has 7 nitrogen and oxygen atoms in total. The Bertz CT molecular complexity index is 407. The van der Waals surface area contributed by atoms with Crippen LogP contribution in [-0.4, -0.2) is 114 Å². The van der Waals surface area contributed by atoms with E-state index in [0.717, 1.165) is 32.2 Å². The van der Waals surface area contributed by atoms with Gasteiger partial charge in [-0.25, -0.2) is 0 Å². The molecule has 1 unspecified atom stereocenters. The van der Waals surface area contributed by atoms with Crippen LogP contribution in [0.4, 0.5) is 0 Å².